The lowest BCUT2D eigenvalue weighted by molar-refractivity contribution is -0.386. The minimum Gasteiger partial charge on any atom is -0.346 e. The van der Waals surface area contributed by atoms with Crippen LogP contribution in [0.15, 0.2) is 30.5 Å². The van der Waals surface area contributed by atoms with Gasteiger partial charge in [-0.2, -0.15) is 10.2 Å². The largest absolute Gasteiger partial charge is 0.346 e. The minimum atomic E-state index is -0.428. The summed E-state index contributed by atoms with van der Waals surface area (Å²) in [5.41, 5.74) is 2.75. The number of carbonyl (C=O) groups is 1. The number of nitrogens with zero attached hydrogens (tertiary/aromatic N) is 5. The molecule has 9 nitrogen and oxygen atoms in total. The Kier molecular flexibility index (Phi) is 5.97. The molecule has 152 valence electrons. The first-order valence-electron chi connectivity index (χ1n) is 9.07. The highest BCUT2D eigenvalue weighted by Crippen LogP contribution is 2.22. The summed E-state index contributed by atoms with van der Waals surface area (Å²) >= 11 is 6.13. The van der Waals surface area contributed by atoms with Crippen LogP contribution in [0.2, 0.25) is 5.02 Å². The number of rotatable bonds is 7. The van der Waals surface area contributed by atoms with Crippen LogP contribution < -0.4 is 5.32 Å². The summed E-state index contributed by atoms with van der Waals surface area (Å²) in [6.45, 7) is 6.46. The molecule has 1 amide bonds. The van der Waals surface area contributed by atoms with Crippen molar-refractivity contribution in [3.05, 3.63) is 73.8 Å². The van der Waals surface area contributed by atoms with E-state index in [2.05, 4.69) is 15.5 Å². The van der Waals surface area contributed by atoms with Gasteiger partial charge in [0.05, 0.1) is 23.0 Å². The van der Waals surface area contributed by atoms with Crippen molar-refractivity contribution in [1.29, 1.82) is 0 Å². The van der Waals surface area contributed by atoms with Gasteiger partial charge in [0.1, 0.15) is 17.1 Å². The third-order valence-corrected chi connectivity index (χ3v) is 4.89. The second-order valence-corrected chi connectivity index (χ2v) is 7.00. The van der Waals surface area contributed by atoms with E-state index in [1.807, 2.05) is 13.0 Å². The van der Waals surface area contributed by atoms with Gasteiger partial charge in [-0.15, -0.1) is 0 Å². The van der Waals surface area contributed by atoms with Gasteiger partial charge in [0.15, 0.2) is 0 Å². The first-order chi connectivity index (χ1) is 13.8. The number of nitro groups is 1. The molecule has 1 N–H and O–H groups in total. The van der Waals surface area contributed by atoms with Crippen LogP contribution in [0, 0.1) is 24.0 Å². The molecule has 3 aromatic rings. The summed E-state index contributed by atoms with van der Waals surface area (Å²) in [6.07, 6.45) is 1.72. The van der Waals surface area contributed by atoms with Crippen molar-refractivity contribution in [2.75, 3.05) is 0 Å². The lowest BCUT2D eigenvalue weighted by Crippen LogP contribution is -2.23. The van der Waals surface area contributed by atoms with Gasteiger partial charge in [0, 0.05) is 18.3 Å². The Morgan fingerprint density at radius 2 is 2.07 bits per heavy atom. The van der Waals surface area contributed by atoms with Gasteiger partial charge in [-0.25, -0.2) is 0 Å². The number of halogens is 1. The molecule has 1 aromatic carbocycles. The number of amides is 1. The first kappa shape index (κ1) is 20.5. The molecule has 10 heteroatoms. The molecule has 0 radical (unpaired) electrons. The van der Waals surface area contributed by atoms with Crippen molar-refractivity contribution in [2.24, 2.45) is 0 Å². The summed E-state index contributed by atoms with van der Waals surface area (Å²) in [5.74, 6) is -0.256. The van der Waals surface area contributed by atoms with Crippen LogP contribution in [0.25, 0.3) is 0 Å². The van der Waals surface area contributed by atoms with Crippen LogP contribution in [0.1, 0.15) is 39.9 Å². The van der Waals surface area contributed by atoms with Crippen LogP contribution in [-0.4, -0.2) is 30.4 Å². The summed E-state index contributed by atoms with van der Waals surface area (Å²) in [7, 11) is 0. The van der Waals surface area contributed by atoms with Gasteiger partial charge in [-0.3, -0.25) is 24.3 Å². The highest BCUT2D eigenvalue weighted by molar-refractivity contribution is 6.31. The molecule has 0 spiro atoms. The number of hydrogen-bond donors (Lipinski definition) is 1. The maximum absolute atomic E-state index is 12.5. The average molecular weight is 417 g/mol. The zero-order valence-corrected chi connectivity index (χ0v) is 17.1. The zero-order chi connectivity index (χ0) is 21.1. The highest BCUT2D eigenvalue weighted by Gasteiger charge is 2.21. The molecule has 0 fully saturated rings. The molecule has 0 unspecified atom stereocenters. The van der Waals surface area contributed by atoms with E-state index in [0.29, 0.717) is 40.8 Å². The maximum Gasteiger partial charge on any atom is 0.312 e. The van der Waals surface area contributed by atoms with E-state index in [1.165, 1.54) is 0 Å². The Bertz CT molecular complexity index is 1070. The molecule has 2 heterocycles. The van der Waals surface area contributed by atoms with E-state index < -0.39 is 4.92 Å². The maximum atomic E-state index is 12.5. The molecule has 0 saturated carbocycles. The van der Waals surface area contributed by atoms with Gasteiger partial charge in [0.25, 0.3) is 5.91 Å². The number of nitrogens with one attached hydrogen (secondary N) is 1. The predicted octanol–water partition coefficient (Wildman–Crippen LogP) is 3.26. The summed E-state index contributed by atoms with van der Waals surface area (Å²) in [6, 6.07) is 7.06. The van der Waals surface area contributed by atoms with E-state index in [4.69, 9.17) is 11.6 Å². The van der Waals surface area contributed by atoms with Crippen molar-refractivity contribution in [1.82, 2.24) is 24.9 Å². The number of aromatic nitrogens is 4. The molecule has 0 saturated heterocycles. The first-order valence-corrected chi connectivity index (χ1v) is 9.45. The molecule has 0 aliphatic rings. The zero-order valence-electron chi connectivity index (χ0n) is 16.3. The third-order valence-electron chi connectivity index (χ3n) is 4.57. The monoisotopic (exact) mass is 416 g/mol. The minimum absolute atomic E-state index is 0.0160. The Labute approximate surface area is 172 Å². The fraction of sp³-hybridized carbons (Fsp3) is 0.316. The van der Waals surface area contributed by atoms with Gasteiger partial charge in [-0.05, 0) is 38.5 Å². The fourth-order valence-electron chi connectivity index (χ4n) is 3.07. The number of aryl methyl sites for hydroxylation is 2. The van der Waals surface area contributed by atoms with E-state index in [9.17, 15) is 14.9 Å². The van der Waals surface area contributed by atoms with E-state index in [0.717, 1.165) is 5.56 Å². The lowest BCUT2D eigenvalue weighted by atomic mass is 10.1. The molecule has 2 aromatic heterocycles. The van der Waals surface area contributed by atoms with Crippen LogP contribution in [-0.2, 0) is 19.6 Å². The Morgan fingerprint density at radius 3 is 2.69 bits per heavy atom. The summed E-state index contributed by atoms with van der Waals surface area (Å²) in [5, 5.41) is 23.0. The molecular weight excluding hydrogens is 396 g/mol. The standard InChI is InChI=1S/C19H21ClN6O3/c1-4-24-11-16(20)17(23-24)9-21-19(27)15-7-5-6-14(8-15)10-25-13(3)18(26(28)29)12(2)22-25/h5-8,11H,4,9-10H2,1-3H3,(H,21,27). The summed E-state index contributed by atoms with van der Waals surface area (Å²) in [4.78, 5) is 23.3. The van der Waals surface area contributed by atoms with Crippen molar-refractivity contribution in [3.63, 3.8) is 0 Å². The van der Waals surface area contributed by atoms with Crippen LogP contribution in [0.4, 0.5) is 5.69 Å². The second kappa shape index (κ2) is 8.44. The van der Waals surface area contributed by atoms with Crippen LogP contribution >= 0.6 is 11.6 Å². The lowest BCUT2D eigenvalue weighted by Gasteiger charge is -2.08. The summed E-state index contributed by atoms with van der Waals surface area (Å²) < 4.78 is 3.28. The molecule has 0 atom stereocenters. The fourth-order valence-corrected chi connectivity index (χ4v) is 3.29. The van der Waals surface area contributed by atoms with E-state index in [-0.39, 0.29) is 18.1 Å². The molecular formula is C19H21ClN6O3. The normalized spacial score (nSPS) is 10.9. The average Bonchev–Trinajstić information content (AvgIpc) is 3.18. The molecule has 0 bridgehead atoms. The van der Waals surface area contributed by atoms with E-state index >= 15 is 0 Å². The Morgan fingerprint density at radius 1 is 1.31 bits per heavy atom. The number of hydrogen-bond acceptors (Lipinski definition) is 5. The van der Waals surface area contributed by atoms with Gasteiger partial charge < -0.3 is 5.32 Å². The van der Waals surface area contributed by atoms with Gasteiger partial charge >= 0.3 is 5.69 Å². The van der Waals surface area contributed by atoms with Crippen LogP contribution in [0.3, 0.4) is 0 Å². The topological polar surface area (TPSA) is 108 Å². The smallest absolute Gasteiger partial charge is 0.312 e. The molecule has 3 rings (SSSR count). The number of benzene rings is 1. The molecule has 0 aliphatic heterocycles. The van der Waals surface area contributed by atoms with Crippen molar-refractivity contribution >= 4 is 23.2 Å². The number of carbonyl (C=O) groups excluding carboxylic acids is 1. The van der Waals surface area contributed by atoms with Crippen molar-refractivity contribution < 1.29 is 9.72 Å². The molecule has 0 aliphatic carbocycles. The Hall–Kier alpha value is -3.20. The second-order valence-electron chi connectivity index (χ2n) is 6.60. The quantitative estimate of drug-likeness (QED) is 0.469. The molecule has 29 heavy (non-hydrogen) atoms. The van der Waals surface area contributed by atoms with Crippen molar-refractivity contribution in [2.45, 2.75) is 40.4 Å². The Balaban J connectivity index is 1.72. The van der Waals surface area contributed by atoms with E-state index in [1.54, 1.807) is 47.6 Å². The SMILES string of the molecule is CCn1cc(Cl)c(CNC(=O)c2cccc(Cn3nc(C)c([N+](=O)[O-])c3C)c2)n1. The predicted molar refractivity (Wildman–Crippen MR) is 108 cm³/mol. The highest BCUT2D eigenvalue weighted by atomic mass is 35.5. The van der Waals surface area contributed by atoms with Gasteiger partial charge in [0.2, 0.25) is 0 Å². The van der Waals surface area contributed by atoms with Gasteiger partial charge in [-0.1, -0.05) is 23.7 Å². The van der Waals surface area contributed by atoms with Crippen molar-refractivity contribution in [3.8, 4) is 0 Å². The van der Waals surface area contributed by atoms with Crippen LogP contribution in [0.5, 0.6) is 0 Å². The third kappa shape index (κ3) is 4.45.